The summed E-state index contributed by atoms with van der Waals surface area (Å²) < 4.78 is 77.6. The average molecular weight is 432 g/mol. The SMILES string of the molecule is O=C(CN1C(=O)[C@@H]2[C@H](C1=O)[C@H]1C=C[C@H]2C1)Nc1cc(C(F)(F)F)cc(C(F)(F)F)c1. The molecule has 3 aliphatic rings. The molecule has 3 amide bonds. The summed E-state index contributed by atoms with van der Waals surface area (Å²) in [5.41, 5.74) is -3.90. The van der Waals surface area contributed by atoms with E-state index in [9.17, 15) is 40.7 Å². The van der Waals surface area contributed by atoms with Gasteiger partial charge in [0, 0.05) is 5.69 Å². The van der Waals surface area contributed by atoms with Crippen molar-refractivity contribution in [3.63, 3.8) is 0 Å². The highest BCUT2D eigenvalue weighted by Crippen LogP contribution is 2.52. The van der Waals surface area contributed by atoms with Gasteiger partial charge >= 0.3 is 12.4 Å². The Bertz CT molecular complexity index is 906. The Morgan fingerprint density at radius 1 is 0.900 bits per heavy atom. The van der Waals surface area contributed by atoms with Gasteiger partial charge in [0.15, 0.2) is 0 Å². The molecule has 1 N–H and O–H groups in total. The maximum absolute atomic E-state index is 12.9. The fraction of sp³-hybridized carbons (Fsp3) is 0.421. The number of carbonyl (C=O) groups is 3. The number of hydrogen-bond acceptors (Lipinski definition) is 3. The van der Waals surface area contributed by atoms with Crippen LogP contribution in [0.2, 0.25) is 0 Å². The fourth-order valence-corrected chi connectivity index (χ4v) is 4.49. The number of imide groups is 1. The average Bonchev–Trinajstić information content (AvgIpc) is 3.30. The van der Waals surface area contributed by atoms with Crippen LogP contribution in [0.4, 0.5) is 32.0 Å². The second-order valence-corrected chi connectivity index (χ2v) is 7.61. The Kier molecular flexibility index (Phi) is 4.48. The largest absolute Gasteiger partial charge is 0.416 e. The summed E-state index contributed by atoms with van der Waals surface area (Å²) in [4.78, 5) is 38.1. The molecule has 1 saturated heterocycles. The number of fused-ring (bicyclic) bond motifs is 5. The highest BCUT2D eigenvalue weighted by atomic mass is 19.4. The van der Waals surface area contributed by atoms with Crippen molar-refractivity contribution in [3.05, 3.63) is 41.5 Å². The van der Waals surface area contributed by atoms with Gasteiger partial charge in [-0.25, -0.2) is 0 Å². The van der Waals surface area contributed by atoms with Crippen LogP contribution in [0.25, 0.3) is 0 Å². The maximum atomic E-state index is 12.9. The summed E-state index contributed by atoms with van der Waals surface area (Å²) in [5, 5.41) is 1.94. The third-order valence-electron chi connectivity index (χ3n) is 5.73. The molecule has 1 aromatic rings. The molecule has 2 fully saturated rings. The molecule has 5 nitrogen and oxygen atoms in total. The minimum atomic E-state index is -5.06. The predicted molar refractivity (Wildman–Crippen MR) is 89.5 cm³/mol. The number of amides is 3. The van der Waals surface area contributed by atoms with Gasteiger partial charge in [0.05, 0.1) is 23.0 Å². The highest BCUT2D eigenvalue weighted by molar-refractivity contribution is 6.09. The van der Waals surface area contributed by atoms with Gasteiger partial charge in [-0.05, 0) is 36.5 Å². The highest BCUT2D eigenvalue weighted by Gasteiger charge is 2.59. The zero-order valence-corrected chi connectivity index (χ0v) is 15.1. The van der Waals surface area contributed by atoms with Gasteiger partial charge in [0.25, 0.3) is 0 Å². The third kappa shape index (κ3) is 3.35. The summed E-state index contributed by atoms with van der Waals surface area (Å²) in [7, 11) is 0. The normalized spacial score (nSPS) is 27.7. The first kappa shape index (κ1) is 20.4. The molecule has 0 unspecified atom stereocenters. The van der Waals surface area contributed by atoms with Gasteiger partial charge in [-0.15, -0.1) is 0 Å². The Morgan fingerprint density at radius 3 is 1.80 bits per heavy atom. The minimum Gasteiger partial charge on any atom is -0.325 e. The van der Waals surface area contributed by atoms with E-state index >= 15 is 0 Å². The monoisotopic (exact) mass is 432 g/mol. The molecule has 0 aromatic heterocycles. The molecule has 30 heavy (non-hydrogen) atoms. The molecule has 1 heterocycles. The molecule has 1 aliphatic heterocycles. The van der Waals surface area contributed by atoms with Crippen molar-refractivity contribution in [3.8, 4) is 0 Å². The van der Waals surface area contributed by atoms with Gasteiger partial charge in [-0.3, -0.25) is 19.3 Å². The second-order valence-electron chi connectivity index (χ2n) is 7.61. The number of allylic oxidation sites excluding steroid dienone is 2. The van der Waals surface area contributed by atoms with Crippen LogP contribution in [0.1, 0.15) is 17.5 Å². The van der Waals surface area contributed by atoms with E-state index in [0.29, 0.717) is 18.6 Å². The number of benzene rings is 1. The first-order valence-corrected chi connectivity index (χ1v) is 8.99. The third-order valence-corrected chi connectivity index (χ3v) is 5.73. The number of hydrogen-bond donors (Lipinski definition) is 1. The summed E-state index contributed by atoms with van der Waals surface area (Å²) in [6.07, 6.45) is -5.75. The van der Waals surface area contributed by atoms with Gasteiger partial charge in [-0.2, -0.15) is 26.3 Å². The van der Waals surface area contributed by atoms with Crippen LogP contribution < -0.4 is 5.32 Å². The molecular formula is C19H14F6N2O3. The molecule has 1 saturated carbocycles. The zero-order valence-electron chi connectivity index (χ0n) is 15.1. The lowest BCUT2D eigenvalue weighted by atomic mass is 9.85. The molecule has 2 bridgehead atoms. The molecule has 0 radical (unpaired) electrons. The van der Waals surface area contributed by atoms with Crippen molar-refractivity contribution in [2.75, 3.05) is 11.9 Å². The second kappa shape index (κ2) is 6.58. The van der Waals surface area contributed by atoms with Crippen LogP contribution in [-0.2, 0) is 26.7 Å². The Morgan fingerprint density at radius 2 is 1.37 bits per heavy atom. The van der Waals surface area contributed by atoms with Crippen molar-refractivity contribution in [2.24, 2.45) is 23.7 Å². The standard InChI is InChI=1S/C19H14F6N2O3/c20-18(21,22)10-4-11(19(23,24)25)6-12(5-10)26-13(28)7-27-16(29)14-8-1-2-9(3-8)15(14)17(27)30/h1-2,4-6,8-9,14-15H,3,7H2,(H,26,28)/t8-,9-,14-,15+/m0/s1. The number of carbonyl (C=O) groups excluding carboxylic acids is 3. The Hall–Kier alpha value is -2.85. The van der Waals surface area contributed by atoms with Crippen molar-refractivity contribution in [1.29, 1.82) is 0 Å². The van der Waals surface area contributed by atoms with Crippen molar-refractivity contribution < 1.29 is 40.7 Å². The van der Waals surface area contributed by atoms with E-state index in [1.165, 1.54) is 0 Å². The summed E-state index contributed by atoms with van der Waals surface area (Å²) in [6, 6.07) is 0.659. The van der Waals surface area contributed by atoms with E-state index in [2.05, 4.69) is 0 Å². The number of halogens is 6. The van der Waals surface area contributed by atoms with E-state index in [4.69, 9.17) is 0 Å². The van der Waals surface area contributed by atoms with Crippen LogP contribution in [-0.4, -0.2) is 29.2 Å². The number of alkyl halides is 6. The van der Waals surface area contributed by atoms with Crippen LogP contribution in [0.3, 0.4) is 0 Å². The van der Waals surface area contributed by atoms with E-state index in [1.54, 1.807) is 0 Å². The van der Waals surface area contributed by atoms with Crippen LogP contribution in [0.15, 0.2) is 30.4 Å². The van der Waals surface area contributed by atoms with Crippen LogP contribution in [0.5, 0.6) is 0 Å². The van der Waals surface area contributed by atoms with Crippen molar-refractivity contribution in [1.82, 2.24) is 4.90 Å². The summed E-state index contributed by atoms with van der Waals surface area (Å²) >= 11 is 0. The molecule has 2 aliphatic carbocycles. The summed E-state index contributed by atoms with van der Waals surface area (Å²) in [5.74, 6) is -3.47. The number of anilines is 1. The smallest absolute Gasteiger partial charge is 0.325 e. The zero-order chi connectivity index (χ0) is 22.0. The molecular weight excluding hydrogens is 418 g/mol. The molecule has 0 spiro atoms. The number of likely N-dealkylation sites (tertiary alicyclic amines) is 1. The van der Waals surface area contributed by atoms with Crippen LogP contribution >= 0.6 is 0 Å². The van der Waals surface area contributed by atoms with E-state index in [-0.39, 0.29) is 17.9 Å². The quantitative estimate of drug-likeness (QED) is 0.452. The number of nitrogens with zero attached hydrogens (tertiary/aromatic N) is 1. The lowest BCUT2D eigenvalue weighted by Gasteiger charge is -2.18. The van der Waals surface area contributed by atoms with E-state index in [0.717, 1.165) is 4.90 Å². The first-order valence-electron chi connectivity index (χ1n) is 8.99. The van der Waals surface area contributed by atoms with Gasteiger partial charge in [-0.1, -0.05) is 12.2 Å². The molecule has 1 aromatic carbocycles. The topological polar surface area (TPSA) is 66.5 Å². The van der Waals surface area contributed by atoms with E-state index < -0.39 is 65.3 Å². The van der Waals surface area contributed by atoms with Crippen molar-refractivity contribution in [2.45, 2.75) is 18.8 Å². The number of nitrogens with one attached hydrogen (secondary N) is 1. The lowest BCUT2D eigenvalue weighted by Crippen LogP contribution is -2.39. The molecule has 160 valence electrons. The molecule has 4 rings (SSSR count). The lowest BCUT2D eigenvalue weighted by molar-refractivity contribution is -0.144. The van der Waals surface area contributed by atoms with E-state index in [1.807, 2.05) is 17.5 Å². The Labute approximate surface area is 165 Å². The first-order chi connectivity index (χ1) is 13.9. The maximum Gasteiger partial charge on any atom is 0.416 e. The van der Waals surface area contributed by atoms with Gasteiger partial charge in [0.1, 0.15) is 6.54 Å². The number of rotatable bonds is 3. The van der Waals surface area contributed by atoms with Crippen molar-refractivity contribution >= 4 is 23.4 Å². The van der Waals surface area contributed by atoms with Gasteiger partial charge in [0.2, 0.25) is 17.7 Å². The Balaban J connectivity index is 1.52. The van der Waals surface area contributed by atoms with Crippen LogP contribution in [0, 0.1) is 23.7 Å². The molecule has 11 heteroatoms. The van der Waals surface area contributed by atoms with Gasteiger partial charge < -0.3 is 5.32 Å². The predicted octanol–water partition coefficient (Wildman–Crippen LogP) is 3.47. The minimum absolute atomic E-state index is 0.0624. The summed E-state index contributed by atoms with van der Waals surface area (Å²) in [6.45, 7) is -0.776. The fourth-order valence-electron chi connectivity index (χ4n) is 4.49. The molecule has 4 atom stereocenters.